The minimum Gasteiger partial charge on any atom is -0.396 e. The van der Waals surface area contributed by atoms with Gasteiger partial charge in [0.1, 0.15) is 0 Å². The first-order valence-corrected chi connectivity index (χ1v) is 6.70. The van der Waals surface area contributed by atoms with Crippen LogP contribution in [-0.2, 0) is 6.54 Å². The molecule has 100 valence electrons. The summed E-state index contributed by atoms with van der Waals surface area (Å²) in [5.74, 6) is 0. The molecule has 3 rings (SSSR count). The first kappa shape index (κ1) is 12.4. The van der Waals surface area contributed by atoms with Crippen molar-refractivity contribution < 1.29 is 5.11 Å². The molecular formula is C15H19N3O. The Kier molecular flexibility index (Phi) is 3.36. The molecule has 0 bridgehead atoms. The summed E-state index contributed by atoms with van der Waals surface area (Å²) in [5.41, 5.74) is 2.56. The van der Waals surface area contributed by atoms with E-state index in [4.69, 9.17) is 0 Å². The van der Waals surface area contributed by atoms with Gasteiger partial charge in [-0.2, -0.15) is 0 Å². The largest absolute Gasteiger partial charge is 0.396 e. The molecule has 0 unspecified atom stereocenters. The van der Waals surface area contributed by atoms with E-state index in [0.717, 1.165) is 31.6 Å². The molecular weight excluding hydrogens is 238 g/mol. The Bertz CT molecular complexity index is 515. The van der Waals surface area contributed by atoms with Crippen molar-refractivity contribution in [2.45, 2.75) is 19.4 Å². The van der Waals surface area contributed by atoms with Gasteiger partial charge in [-0.3, -0.25) is 0 Å². The van der Waals surface area contributed by atoms with Crippen molar-refractivity contribution in [3.63, 3.8) is 0 Å². The molecule has 0 saturated heterocycles. The summed E-state index contributed by atoms with van der Waals surface area (Å²) in [4.78, 5) is 4.04. The fourth-order valence-corrected chi connectivity index (χ4v) is 2.24. The topological polar surface area (TPSA) is 50.1 Å². The Morgan fingerprint density at radius 3 is 2.63 bits per heavy atom. The number of nitrogens with zero attached hydrogens (tertiary/aromatic N) is 2. The molecule has 1 aliphatic carbocycles. The lowest BCUT2D eigenvalue weighted by molar-refractivity contribution is 0.207. The fraction of sp³-hybridized carbons (Fsp3) is 0.400. The molecule has 19 heavy (non-hydrogen) atoms. The highest BCUT2D eigenvalue weighted by Gasteiger charge is 2.41. The second-order valence-electron chi connectivity index (χ2n) is 5.40. The number of imidazole rings is 1. The van der Waals surface area contributed by atoms with E-state index in [1.54, 1.807) is 12.5 Å². The first-order valence-electron chi connectivity index (χ1n) is 6.70. The normalized spacial score (nSPS) is 16.5. The van der Waals surface area contributed by atoms with Crippen LogP contribution < -0.4 is 5.32 Å². The molecule has 0 spiro atoms. The number of benzene rings is 1. The summed E-state index contributed by atoms with van der Waals surface area (Å²) in [6, 6.07) is 8.44. The minimum absolute atomic E-state index is 0.177. The highest BCUT2D eigenvalue weighted by molar-refractivity contribution is 5.34. The Morgan fingerprint density at radius 2 is 2.05 bits per heavy atom. The van der Waals surface area contributed by atoms with Crippen LogP contribution in [0.4, 0.5) is 0 Å². The van der Waals surface area contributed by atoms with Gasteiger partial charge < -0.3 is 15.0 Å². The van der Waals surface area contributed by atoms with Crippen molar-refractivity contribution in [1.82, 2.24) is 14.9 Å². The van der Waals surface area contributed by atoms with E-state index in [9.17, 15) is 5.11 Å². The molecule has 0 atom stereocenters. The smallest absolute Gasteiger partial charge is 0.0991 e. The van der Waals surface area contributed by atoms with Gasteiger partial charge in [0.05, 0.1) is 6.33 Å². The number of hydrogen-bond donors (Lipinski definition) is 2. The number of hydrogen-bond acceptors (Lipinski definition) is 3. The van der Waals surface area contributed by atoms with Gasteiger partial charge in [-0.1, -0.05) is 12.1 Å². The summed E-state index contributed by atoms with van der Waals surface area (Å²) in [5, 5.41) is 12.7. The average molecular weight is 257 g/mol. The van der Waals surface area contributed by atoms with Gasteiger partial charge in [-0.15, -0.1) is 0 Å². The highest BCUT2D eigenvalue weighted by Crippen LogP contribution is 2.44. The van der Waals surface area contributed by atoms with Crippen molar-refractivity contribution in [1.29, 1.82) is 0 Å². The molecule has 1 aromatic heterocycles. The van der Waals surface area contributed by atoms with Crippen molar-refractivity contribution in [3.05, 3.63) is 48.5 Å². The number of aromatic nitrogens is 2. The third-order valence-electron chi connectivity index (χ3n) is 3.86. The fourth-order valence-electron chi connectivity index (χ4n) is 2.24. The molecule has 2 aromatic rings. The Labute approximate surface area is 113 Å². The average Bonchev–Trinajstić information content (AvgIpc) is 3.02. The Hall–Kier alpha value is -1.65. The molecule has 2 N–H and O–H groups in total. The molecule has 1 aromatic carbocycles. The number of aliphatic hydroxyl groups is 1. The van der Waals surface area contributed by atoms with Crippen LogP contribution in [0.25, 0.3) is 5.69 Å². The first-order chi connectivity index (χ1) is 9.31. The van der Waals surface area contributed by atoms with Crippen molar-refractivity contribution in [3.8, 4) is 5.69 Å². The summed E-state index contributed by atoms with van der Waals surface area (Å²) in [6.07, 6.45) is 7.81. The van der Waals surface area contributed by atoms with Crippen LogP contribution in [0, 0.1) is 5.41 Å². The van der Waals surface area contributed by atoms with Crippen molar-refractivity contribution in [2.75, 3.05) is 13.2 Å². The number of rotatable bonds is 6. The molecule has 1 fully saturated rings. The summed E-state index contributed by atoms with van der Waals surface area (Å²) < 4.78 is 1.99. The van der Waals surface area contributed by atoms with Crippen LogP contribution >= 0.6 is 0 Å². The highest BCUT2D eigenvalue weighted by atomic mass is 16.3. The summed E-state index contributed by atoms with van der Waals surface area (Å²) in [6.45, 7) is 2.07. The quantitative estimate of drug-likeness (QED) is 0.828. The molecule has 1 saturated carbocycles. The molecule has 0 radical (unpaired) electrons. The third kappa shape index (κ3) is 2.85. The van der Waals surface area contributed by atoms with E-state index < -0.39 is 0 Å². The zero-order valence-corrected chi connectivity index (χ0v) is 10.9. The van der Waals surface area contributed by atoms with Gasteiger partial charge in [0.2, 0.25) is 0 Å². The van der Waals surface area contributed by atoms with E-state index in [0.29, 0.717) is 6.61 Å². The Morgan fingerprint density at radius 1 is 1.26 bits per heavy atom. The lowest BCUT2D eigenvalue weighted by Gasteiger charge is -2.12. The van der Waals surface area contributed by atoms with E-state index >= 15 is 0 Å². The molecule has 4 nitrogen and oxygen atoms in total. The summed E-state index contributed by atoms with van der Waals surface area (Å²) >= 11 is 0. The lowest BCUT2D eigenvalue weighted by atomic mass is 10.1. The Balaban J connectivity index is 1.54. The number of nitrogens with one attached hydrogen (secondary N) is 1. The minimum atomic E-state index is 0.177. The van der Waals surface area contributed by atoms with Gasteiger partial charge in [-0.05, 0) is 30.5 Å². The van der Waals surface area contributed by atoms with Crippen LogP contribution in [-0.4, -0.2) is 27.8 Å². The SMILES string of the molecule is OCC1(CNCc2ccc(-n3ccnc3)cc2)CC1. The van der Waals surface area contributed by atoms with Gasteiger partial charge in [0.25, 0.3) is 0 Å². The maximum Gasteiger partial charge on any atom is 0.0991 e. The lowest BCUT2D eigenvalue weighted by Crippen LogP contribution is -2.26. The van der Waals surface area contributed by atoms with Crippen LogP contribution in [0.3, 0.4) is 0 Å². The molecule has 1 aliphatic rings. The van der Waals surface area contributed by atoms with Crippen LogP contribution in [0.2, 0.25) is 0 Å². The van der Waals surface area contributed by atoms with E-state index in [1.165, 1.54) is 5.56 Å². The van der Waals surface area contributed by atoms with Gasteiger partial charge in [0, 0.05) is 43.2 Å². The van der Waals surface area contributed by atoms with E-state index in [1.807, 2.05) is 10.8 Å². The van der Waals surface area contributed by atoms with Gasteiger partial charge >= 0.3 is 0 Å². The predicted molar refractivity (Wildman–Crippen MR) is 74.0 cm³/mol. The molecule has 1 heterocycles. The molecule has 0 amide bonds. The van der Waals surface area contributed by atoms with E-state index in [2.05, 4.69) is 34.6 Å². The molecule has 4 heteroatoms. The van der Waals surface area contributed by atoms with Crippen molar-refractivity contribution in [2.24, 2.45) is 5.41 Å². The van der Waals surface area contributed by atoms with Crippen LogP contribution in [0.1, 0.15) is 18.4 Å². The summed E-state index contributed by atoms with van der Waals surface area (Å²) in [7, 11) is 0. The van der Waals surface area contributed by atoms with Gasteiger partial charge in [-0.25, -0.2) is 4.98 Å². The maximum atomic E-state index is 9.25. The zero-order chi connectivity index (χ0) is 13.1. The monoisotopic (exact) mass is 257 g/mol. The van der Waals surface area contributed by atoms with Gasteiger partial charge in [0.15, 0.2) is 0 Å². The predicted octanol–water partition coefficient (Wildman–Crippen LogP) is 1.73. The second kappa shape index (κ2) is 5.15. The van der Waals surface area contributed by atoms with Crippen LogP contribution in [0.5, 0.6) is 0 Å². The maximum absolute atomic E-state index is 9.25. The standard InChI is InChI=1S/C15H19N3O/c19-11-15(5-6-15)10-17-9-13-1-3-14(4-2-13)18-8-7-16-12-18/h1-4,7-8,12,17,19H,5-6,9-11H2. The van der Waals surface area contributed by atoms with Crippen molar-refractivity contribution >= 4 is 0 Å². The second-order valence-corrected chi connectivity index (χ2v) is 5.40. The third-order valence-corrected chi connectivity index (χ3v) is 3.86. The zero-order valence-electron chi connectivity index (χ0n) is 10.9. The number of aliphatic hydroxyl groups excluding tert-OH is 1. The van der Waals surface area contributed by atoms with Crippen LogP contribution in [0.15, 0.2) is 43.0 Å². The molecule has 0 aliphatic heterocycles. The van der Waals surface area contributed by atoms with E-state index in [-0.39, 0.29) is 5.41 Å².